The Bertz CT molecular complexity index is 1200. The predicted molar refractivity (Wildman–Crippen MR) is 101 cm³/mol. The first-order chi connectivity index (χ1) is 15.4. The largest absolute Gasteiger partial charge is 0.416 e. The zero-order valence-corrected chi connectivity index (χ0v) is 16.6. The minimum Gasteiger partial charge on any atom is -0.362 e. The van der Waals surface area contributed by atoms with Gasteiger partial charge < -0.3 is 10.4 Å². The Morgan fingerprint density at radius 1 is 1.15 bits per heavy atom. The van der Waals surface area contributed by atoms with Crippen LogP contribution in [0.5, 0.6) is 0 Å². The van der Waals surface area contributed by atoms with E-state index in [-0.39, 0.29) is 16.9 Å². The molecule has 2 N–H and O–H groups in total. The number of halogens is 6. The lowest BCUT2D eigenvalue weighted by molar-refractivity contribution is -0.137. The molecular formula is C19H15F6N5O3. The summed E-state index contributed by atoms with van der Waals surface area (Å²) >= 11 is 0. The first kappa shape index (κ1) is 24.0. The van der Waals surface area contributed by atoms with Gasteiger partial charge in [-0.1, -0.05) is 12.1 Å². The molecule has 2 atom stereocenters. The average molecular weight is 475 g/mol. The predicted octanol–water partition coefficient (Wildman–Crippen LogP) is 2.30. The highest BCUT2D eigenvalue weighted by molar-refractivity contribution is 5.95. The molecule has 3 aromatic rings. The van der Waals surface area contributed by atoms with E-state index in [1.165, 1.54) is 29.4 Å². The molecule has 0 fully saturated rings. The van der Waals surface area contributed by atoms with Gasteiger partial charge in [-0.2, -0.15) is 28.1 Å². The molecule has 0 aliphatic carbocycles. The van der Waals surface area contributed by atoms with Gasteiger partial charge in [0.15, 0.2) is 0 Å². The smallest absolute Gasteiger partial charge is 0.362 e. The first-order valence-corrected chi connectivity index (χ1v) is 9.10. The summed E-state index contributed by atoms with van der Waals surface area (Å²) in [6.07, 6.45) is -8.69. The molecule has 0 saturated carbocycles. The number of aromatic nitrogens is 4. The number of benzene rings is 1. The van der Waals surface area contributed by atoms with Crippen LogP contribution in [-0.4, -0.2) is 49.4 Å². The van der Waals surface area contributed by atoms with Crippen LogP contribution in [0.2, 0.25) is 0 Å². The van der Waals surface area contributed by atoms with Crippen molar-refractivity contribution in [1.82, 2.24) is 24.9 Å². The highest BCUT2D eigenvalue weighted by atomic mass is 19.4. The summed E-state index contributed by atoms with van der Waals surface area (Å²) in [5, 5.41) is 18.3. The number of carbonyl (C=O) groups is 1. The molecular weight excluding hydrogens is 460 g/mol. The van der Waals surface area contributed by atoms with E-state index in [0.717, 1.165) is 30.3 Å². The van der Waals surface area contributed by atoms with Crippen molar-refractivity contribution in [3.8, 4) is 16.9 Å². The lowest BCUT2D eigenvalue weighted by atomic mass is 10.1. The fourth-order valence-corrected chi connectivity index (χ4v) is 2.80. The molecule has 1 amide bonds. The van der Waals surface area contributed by atoms with Crippen LogP contribution in [0.25, 0.3) is 16.9 Å². The van der Waals surface area contributed by atoms with Gasteiger partial charge in [-0.3, -0.25) is 14.3 Å². The number of hydrogen-bond acceptors (Lipinski definition) is 5. The van der Waals surface area contributed by atoms with Crippen LogP contribution < -0.4 is 10.9 Å². The summed E-state index contributed by atoms with van der Waals surface area (Å²) in [5.41, 5.74) is -2.87. The monoisotopic (exact) mass is 475 g/mol. The number of aliphatic hydroxyl groups is 1. The van der Waals surface area contributed by atoms with Crippen molar-refractivity contribution >= 4 is 5.91 Å². The van der Waals surface area contributed by atoms with E-state index in [2.05, 4.69) is 10.2 Å². The topological polar surface area (TPSA) is 102 Å². The van der Waals surface area contributed by atoms with Gasteiger partial charge in [-0.15, -0.1) is 0 Å². The zero-order chi connectivity index (χ0) is 24.5. The Morgan fingerprint density at radius 3 is 2.27 bits per heavy atom. The molecule has 2 heterocycles. The lowest BCUT2D eigenvalue weighted by Gasteiger charge is -2.18. The van der Waals surface area contributed by atoms with Crippen molar-refractivity contribution in [2.24, 2.45) is 7.05 Å². The number of carbonyl (C=O) groups excluding carboxylic acids is 1. The fraction of sp³-hybridized carbons (Fsp3) is 0.263. The summed E-state index contributed by atoms with van der Waals surface area (Å²) < 4.78 is 79.5. The zero-order valence-electron chi connectivity index (χ0n) is 16.6. The summed E-state index contributed by atoms with van der Waals surface area (Å²) in [4.78, 5) is 25.3. The van der Waals surface area contributed by atoms with Crippen LogP contribution in [0.1, 0.15) is 15.9 Å². The Balaban J connectivity index is 2.13. The molecule has 0 aliphatic rings. The van der Waals surface area contributed by atoms with Crippen LogP contribution in [0.15, 0.2) is 47.5 Å². The van der Waals surface area contributed by atoms with Gasteiger partial charge in [0.25, 0.3) is 17.9 Å². The van der Waals surface area contributed by atoms with E-state index in [4.69, 9.17) is 5.11 Å². The second-order valence-electron chi connectivity index (χ2n) is 6.81. The second kappa shape index (κ2) is 9.05. The van der Waals surface area contributed by atoms with Gasteiger partial charge >= 0.3 is 6.18 Å². The Labute approximate surface area is 181 Å². The summed E-state index contributed by atoms with van der Waals surface area (Å²) in [7, 11) is 1.51. The standard InChI is InChI=1S/C19H15F6N5O3/c1-29-8-11(7-26-29)30-18(33)12(17(32)27-14(15(20)21)16(22)31)6-13(28-30)9-2-4-10(5-3-9)19(23,24)25/h2-8,14-16,31H,1H3,(H,27,32)/t14-,16?/m0/s1. The lowest BCUT2D eigenvalue weighted by Crippen LogP contribution is -2.48. The van der Waals surface area contributed by atoms with Gasteiger partial charge in [-0.25, -0.2) is 13.2 Å². The van der Waals surface area contributed by atoms with Crippen molar-refractivity contribution in [3.63, 3.8) is 0 Å². The third kappa shape index (κ3) is 5.22. The molecule has 0 radical (unpaired) electrons. The number of rotatable bonds is 6. The molecule has 14 heteroatoms. The van der Waals surface area contributed by atoms with Crippen molar-refractivity contribution in [2.75, 3.05) is 0 Å². The number of nitrogens with one attached hydrogen (secondary N) is 1. The van der Waals surface area contributed by atoms with E-state index in [1.54, 1.807) is 0 Å². The van der Waals surface area contributed by atoms with E-state index in [0.29, 0.717) is 4.68 Å². The van der Waals surface area contributed by atoms with Gasteiger partial charge in [0.05, 0.1) is 23.7 Å². The highest BCUT2D eigenvalue weighted by Crippen LogP contribution is 2.30. The van der Waals surface area contributed by atoms with Gasteiger partial charge in [0, 0.05) is 12.6 Å². The van der Waals surface area contributed by atoms with Crippen LogP contribution in [-0.2, 0) is 13.2 Å². The van der Waals surface area contributed by atoms with E-state index >= 15 is 0 Å². The Kier molecular flexibility index (Phi) is 6.58. The number of aliphatic hydroxyl groups excluding tert-OH is 1. The average Bonchev–Trinajstić information content (AvgIpc) is 3.17. The molecule has 1 unspecified atom stereocenters. The maximum atomic E-state index is 13.1. The molecule has 2 aromatic heterocycles. The third-order valence-electron chi connectivity index (χ3n) is 4.47. The number of alkyl halides is 6. The first-order valence-electron chi connectivity index (χ1n) is 9.10. The molecule has 0 saturated heterocycles. The van der Waals surface area contributed by atoms with Crippen molar-refractivity contribution in [2.45, 2.75) is 25.0 Å². The molecule has 33 heavy (non-hydrogen) atoms. The van der Waals surface area contributed by atoms with E-state index in [1.807, 2.05) is 0 Å². The van der Waals surface area contributed by atoms with Crippen molar-refractivity contribution in [3.05, 3.63) is 64.2 Å². The second-order valence-corrected chi connectivity index (χ2v) is 6.81. The van der Waals surface area contributed by atoms with E-state index < -0.39 is 47.6 Å². The Morgan fingerprint density at radius 2 is 1.79 bits per heavy atom. The normalized spacial score (nSPS) is 13.7. The molecule has 1 aromatic carbocycles. The highest BCUT2D eigenvalue weighted by Gasteiger charge is 2.32. The van der Waals surface area contributed by atoms with Gasteiger partial charge in [-0.05, 0) is 18.2 Å². The third-order valence-corrected chi connectivity index (χ3v) is 4.47. The Hall–Kier alpha value is -3.68. The molecule has 176 valence electrons. The number of nitrogens with zero attached hydrogens (tertiary/aromatic N) is 4. The van der Waals surface area contributed by atoms with Crippen molar-refractivity contribution in [1.29, 1.82) is 0 Å². The van der Waals surface area contributed by atoms with Crippen LogP contribution >= 0.6 is 0 Å². The fourth-order valence-electron chi connectivity index (χ4n) is 2.80. The summed E-state index contributed by atoms with van der Waals surface area (Å²) in [6.45, 7) is 0. The van der Waals surface area contributed by atoms with Crippen LogP contribution in [0.4, 0.5) is 26.3 Å². The number of amides is 1. The maximum absolute atomic E-state index is 13.1. The summed E-state index contributed by atoms with van der Waals surface area (Å²) in [5.74, 6) is -1.45. The SMILES string of the molecule is Cn1cc(-n2nc(-c3ccc(C(F)(F)F)cc3)cc(C(=O)N[C@H](C(O)F)C(F)F)c2=O)cn1. The van der Waals surface area contributed by atoms with E-state index in [9.17, 15) is 35.9 Å². The van der Waals surface area contributed by atoms with Gasteiger partial charge in [0.1, 0.15) is 17.3 Å². The quantitative estimate of drug-likeness (QED) is 0.533. The van der Waals surface area contributed by atoms with Crippen molar-refractivity contribution < 1.29 is 36.2 Å². The molecule has 3 rings (SSSR count). The number of hydrogen-bond donors (Lipinski definition) is 2. The van der Waals surface area contributed by atoms with Gasteiger partial charge in [0.2, 0.25) is 6.36 Å². The maximum Gasteiger partial charge on any atom is 0.416 e. The minimum absolute atomic E-state index is 0.0567. The number of aryl methyl sites for hydroxylation is 1. The minimum atomic E-state index is -4.61. The van der Waals surface area contributed by atoms with Crippen LogP contribution in [0.3, 0.4) is 0 Å². The van der Waals surface area contributed by atoms with Crippen LogP contribution in [0, 0.1) is 0 Å². The molecule has 8 nitrogen and oxygen atoms in total. The molecule has 0 aliphatic heterocycles. The molecule has 0 spiro atoms. The summed E-state index contributed by atoms with van der Waals surface area (Å²) in [6, 6.07) is 1.83. The molecule has 0 bridgehead atoms.